The largest absolute Gasteiger partial charge is 0.356 e. The Morgan fingerprint density at radius 2 is 2.07 bits per heavy atom. The fraction of sp³-hybridized carbons (Fsp3) is 0.333. The van der Waals surface area contributed by atoms with Gasteiger partial charge in [-0.25, -0.2) is 0 Å². The van der Waals surface area contributed by atoms with Gasteiger partial charge in [-0.3, -0.25) is 0 Å². The topological polar surface area (TPSA) is 18.5 Å². The molecule has 2 heteroatoms. The second-order valence-electron chi connectivity index (χ2n) is 2.98. The van der Waals surface area contributed by atoms with E-state index < -0.39 is 0 Å². The predicted molar refractivity (Wildman–Crippen MR) is 57.1 cm³/mol. The summed E-state index contributed by atoms with van der Waals surface area (Å²) in [6.45, 7) is 4.11. The minimum atomic E-state index is -0.185. The Bertz CT molecular complexity index is 256. The van der Waals surface area contributed by atoms with E-state index in [9.17, 15) is 0 Å². The molecule has 0 radical (unpaired) electrons. The van der Waals surface area contributed by atoms with Crippen LogP contribution in [0, 0.1) is 0 Å². The summed E-state index contributed by atoms with van der Waals surface area (Å²) >= 11 is 0. The van der Waals surface area contributed by atoms with Crippen LogP contribution >= 0.6 is 0 Å². The van der Waals surface area contributed by atoms with Crippen molar-refractivity contribution in [3.05, 3.63) is 48.6 Å². The van der Waals surface area contributed by atoms with Gasteiger partial charge in [0.25, 0.3) is 0 Å². The van der Waals surface area contributed by atoms with E-state index >= 15 is 0 Å². The Morgan fingerprint density at radius 1 is 1.36 bits per heavy atom. The van der Waals surface area contributed by atoms with Crippen LogP contribution in [0.5, 0.6) is 0 Å². The highest BCUT2D eigenvalue weighted by molar-refractivity contribution is 5.14. The van der Waals surface area contributed by atoms with Crippen LogP contribution < -0.4 is 0 Å². The van der Waals surface area contributed by atoms with Gasteiger partial charge in [-0.15, -0.1) is 6.58 Å². The fourth-order valence-electron chi connectivity index (χ4n) is 1.19. The summed E-state index contributed by atoms with van der Waals surface area (Å²) in [7, 11) is 1.65. The van der Waals surface area contributed by atoms with Crippen molar-refractivity contribution in [2.45, 2.75) is 12.7 Å². The molecule has 0 spiro atoms. The van der Waals surface area contributed by atoms with Gasteiger partial charge in [0.05, 0.1) is 6.61 Å². The molecule has 0 N–H and O–H groups in total. The molecule has 76 valence electrons. The van der Waals surface area contributed by atoms with E-state index in [0.717, 1.165) is 6.42 Å². The second-order valence-corrected chi connectivity index (χ2v) is 2.98. The van der Waals surface area contributed by atoms with Crippen LogP contribution in [0.2, 0.25) is 0 Å². The molecule has 0 fully saturated rings. The Balaban J connectivity index is 2.44. The summed E-state index contributed by atoms with van der Waals surface area (Å²) < 4.78 is 10.6. The first-order valence-electron chi connectivity index (χ1n) is 4.66. The fourth-order valence-corrected chi connectivity index (χ4v) is 1.19. The van der Waals surface area contributed by atoms with Crippen molar-refractivity contribution >= 4 is 0 Å². The van der Waals surface area contributed by atoms with E-state index in [1.54, 1.807) is 13.2 Å². The molecule has 1 aromatic rings. The van der Waals surface area contributed by atoms with Gasteiger partial charge < -0.3 is 9.47 Å². The number of methoxy groups -OCH3 is 1. The molecular formula is C12H16O2. The first-order valence-corrected chi connectivity index (χ1v) is 4.66. The Labute approximate surface area is 85.2 Å². The van der Waals surface area contributed by atoms with Crippen LogP contribution in [0.4, 0.5) is 0 Å². The van der Waals surface area contributed by atoms with Gasteiger partial charge in [0.1, 0.15) is 0 Å². The number of benzene rings is 1. The zero-order valence-electron chi connectivity index (χ0n) is 8.48. The van der Waals surface area contributed by atoms with Crippen LogP contribution in [0.15, 0.2) is 43.0 Å². The lowest BCUT2D eigenvalue weighted by atomic mass is 10.1. The summed E-state index contributed by atoms with van der Waals surface area (Å²) in [6, 6.07) is 10.1. The van der Waals surface area contributed by atoms with Gasteiger partial charge in [-0.05, 0) is 5.56 Å². The minimum absolute atomic E-state index is 0.185. The van der Waals surface area contributed by atoms with Crippen molar-refractivity contribution in [1.82, 2.24) is 0 Å². The number of ether oxygens (including phenoxy) is 2. The molecule has 1 unspecified atom stereocenters. The highest BCUT2D eigenvalue weighted by atomic mass is 16.7. The Kier molecular flexibility index (Phi) is 4.97. The number of hydrogen-bond donors (Lipinski definition) is 0. The third-order valence-electron chi connectivity index (χ3n) is 1.91. The summed E-state index contributed by atoms with van der Waals surface area (Å²) in [5.74, 6) is 0. The standard InChI is InChI=1S/C12H16O2/c1-3-9-14-12(13-2)10-11-7-5-4-6-8-11/h3-8,12H,1,9-10H2,2H3. The van der Waals surface area contributed by atoms with Gasteiger partial charge in [0, 0.05) is 13.5 Å². The third kappa shape index (κ3) is 3.73. The van der Waals surface area contributed by atoms with E-state index in [1.807, 2.05) is 18.2 Å². The van der Waals surface area contributed by atoms with E-state index in [-0.39, 0.29) is 6.29 Å². The van der Waals surface area contributed by atoms with E-state index in [1.165, 1.54) is 5.56 Å². The predicted octanol–water partition coefficient (Wildman–Crippen LogP) is 2.40. The molecule has 0 heterocycles. The molecule has 0 bridgehead atoms. The average Bonchev–Trinajstić information content (AvgIpc) is 2.25. The van der Waals surface area contributed by atoms with E-state index in [4.69, 9.17) is 9.47 Å². The zero-order chi connectivity index (χ0) is 10.2. The molecule has 0 aliphatic heterocycles. The van der Waals surface area contributed by atoms with Crippen molar-refractivity contribution in [3.63, 3.8) is 0 Å². The minimum Gasteiger partial charge on any atom is -0.356 e. The smallest absolute Gasteiger partial charge is 0.161 e. The van der Waals surface area contributed by atoms with Crippen molar-refractivity contribution < 1.29 is 9.47 Å². The SMILES string of the molecule is C=CCOC(Cc1ccccc1)OC. The molecule has 0 aliphatic rings. The van der Waals surface area contributed by atoms with Gasteiger partial charge in [0.2, 0.25) is 0 Å². The summed E-state index contributed by atoms with van der Waals surface area (Å²) in [5.41, 5.74) is 1.21. The second kappa shape index (κ2) is 6.35. The van der Waals surface area contributed by atoms with Gasteiger partial charge in [0.15, 0.2) is 6.29 Å². The lowest BCUT2D eigenvalue weighted by molar-refractivity contribution is -0.113. The van der Waals surface area contributed by atoms with Crippen molar-refractivity contribution in [1.29, 1.82) is 0 Å². The number of hydrogen-bond acceptors (Lipinski definition) is 2. The average molecular weight is 192 g/mol. The first-order chi connectivity index (χ1) is 6.86. The lowest BCUT2D eigenvalue weighted by Gasteiger charge is -2.14. The van der Waals surface area contributed by atoms with Crippen molar-refractivity contribution in [2.75, 3.05) is 13.7 Å². The maximum Gasteiger partial charge on any atom is 0.161 e. The monoisotopic (exact) mass is 192 g/mol. The van der Waals surface area contributed by atoms with Crippen molar-refractivity contribution in [3.8, 4) is 0 Å². The van der Waals surface area contributed by atoms with E-state index in [0.29, 0.717) is 6.61 Å². The van der Waals surface area contributed by atoms with Crippen LogP contribution in [-0.2, 0) is 15.9 Å². The first kappa shape index (κ1) is 11.0. The molecule has 0 saturated carbocycles. The third-order valence-corrected chi connectivity index (χ3v) is 1.91. The molecule has 2 nitrogen and oxygen atoms in total. The molecule has 14 heavy (non-hydrogen) atoms. The maximum atomic E-state index is 5.40. The molecule has 1 atom stereocenters. The van der Waals surface area contributed by atoms with Crippen LogP contribution in [0.1, 0.15) is 5.56 Å². The molecule has 1 rings (SSSR count). The highest BCUT2D eigenvalue weighted by Gasteiger charge is 2.06. The summed E-state index contributed by atoms with van der Waals surface area (Å²) in [5, 5.41) is 0. The molecule has 0 saturated heterocycles. The van der Waals surface area contributed by atoms with Crippen LogP contribution in [0.3, 0.4) is 0 Å². The van der Waals surface area contributed by atoms with E-state index in [2.05, 4.69) is 18.7 Å². The van der Waals surface area contributed by atoms with Crippen LogP contribution in [-0.4, -0.2) is 20.0 Å². The highest BCUT2D eigenvalue weighted by Crippen LogP contribution is 2.06. The maximum absolute atomic E-state index is 5.40. The summed E-state index contributed by atoms with van der Waals surface area (Å²) in [6.07, 6.45) is 2.30. The lowest BCUT2D eigenvalue weighted by Crippen LogP contribution is -2.18. The van der Waals surface area contributed by atoms with Gasteiger partial charge in [-0.1, -0.05) is 36.4 Å². The van der Waals surface area contributed by atoms with Crippen molar-refractivity contribution in [2.24, 2.45) is 0 Å². The molecule has 0 amide bonds. The molecule has 1 aromatic carbocycles. The molecular weight excluding hydrogens is 176 g/mol. The van der Waals surface area contributed by atoms with Crippen LogP contribution in [0.25, 0.3) is 0 Å². The molecule has 0 aliphatic carbocycles. The number of rotatable bonds is 6. The summed E-state index contributed by atoms with van der Waals surface area (Å²) in [4.78, 5) is 0. The zero-order valence-corrected chi connectivity index (χ0v) is 8.48. The Hall–Kier alpha value is -1.12. The van der Waals surface area contributed by atoms with Gasteiger partial charge in [-0.2, -0.15) is 0 Å². The quantitative estimate of drug-likeness (QED) is 0.509. The molecule has 0 aromatic heterocycles. The van der Waals surface area contributed by atoms with Gasteiger partial charge >= 0.3 is 0 Å². The normalized spacial score (nSPS) is 12.4. The Morgan fingerprint density at radius 3 is 2.64 bits per heavy atom.